The van der Waals surface area contributed by atoms with E-state index in [-0.39, 0.29) is 19.6 Å². The zero-order valence-electron chi connectivity index (χ0n) is 9.89. The highest BCUT2D eigenvalue weighted by Crippen LogP contribution is 2.45. The van der Waals surface area contributed by atoms with Crippen molar-refractivity contribution in [3.05, 3.63) is 21.7 Å². The van der Waals surface area contributed by atoms with Crippen LogP contribution < -0.4 is 15.2 Å². The Balaban J connectivity index is 2.38. The van der Waals surface area contributed by atoms with Crippen molar-refractivity contribution in [1.29, 1.82) is 0 Å². The Morgan fingerprint density at radius 3 is 2.84 bits per heavy atom. The van der Waals surface area contributed by atoms with E-state index in [4.69, 9.17) is 20.3 Å². The van der Waals surface area contributed by atoms with Gasteiger partial charge in [0.15, 0.2) is 17.8 Å². The lowest BCUT2D eigenvalue weighted by Crippen LogP contribution is -2.14. The predicted molar refractivity (Wildman–Crippen MR) is 69.5 cm³/mol. The Bertz CT molecular complexity index is 531. The van der Waals surface area contributed by atoms with Crippen LogP contribution in [0.5, 0.6) is 11.5 Å². The van der Waals surface area contributed by atoms with Crippen LogP contribution in [0.15, 0.2) is 10.5 Å². The van der Waals surface area contributed by atoms with Crippen molar-refractivity contribution in [3.63, 3.8) is 0 Å². The fourth-order valence-corrected chi connectivity index (χ4v) is 2.66. The van der Waals surface area contributed by atoms with Crippen LogP contribution in [0.25, 0.3) is 0 Å². The molecule has 0 spiro atoms. The minimum atomic E-state index is -0.912. The predicted octanol–water partition coefficient (Wildman–Crippen LogP) is 1.85. The highest BCUT2D eigenvalue weighted by molar-refractivity contribution is 9.10. The van der Waals surface area contributed by atoms with E-state index in [2.05, 4.69) is 15.9 Å². The van der Waals surface area contributed by atoms with Crippen molar-refractivity contribution in [2.75, 3.05) is 6.79 Å². The van der Waals surface area contributed by atoms with Gasteiger partial charge in [-0.05, 0) is 12.5 Å². The number of ether oxygens (including phenoxy) is 2. The van der Waals surface area contributed by atoms with E-state index in [1.165, 1.54) is 0 Å². The molecule has 0 amide bonds. The summed E-state index contributed by atoms with van der Waals surface area (Å²) in [5.41, 5.74) is 6.98. The minimum absolute atomic E-state index is 0.0191. The second-order valence-electron chi connectivity index (χ2n) is 4.08. The maximum atomic E-state index is 10.9. The van der Waals surface area contributed by atoms with Crippen molar-refractivity contribution < 1.29 is 24.2 Å². The number of rotatable bonds is 5. The molecule has 0 radical (unpaired) electrons. The molecular formula is C12H12BrNO5. The van der Waals surface area contributed by atoms with Crippen LogP contribution in [0.1, 0.15) is 34.8 Å². The fourth-order valence-electron chi connectivity index (χ4n) is 1.94. The van der Waals surface area contributed by atoms with Crippen molar-refractivity contribution in [3.8, 4) is 11.5 Å². The summed E-state index contributed by atoms with van der Waals surface area (Å²) in [6.07, 6.45) is 0.896. The Kier molecular flexibility index (Phi) is 4.06. The van der Waals surface area contributed by atoms with Gasteiger partial charge in [0.05, 0.1) is 5.56 Å². The highest BCUT2D eigenvalue weighted by Gasteiger charge is 2.27. The lowest BCUT2D eigenvalue weighted by atomic mass is 9.99. The molecule has 3 N–H and O–H groups in total. The summed E-state index contributed by atoms with van der Waals surface area (Å²) in [6.45, 7) is 0.0191. The summed E-state index contributed by atoms with van der Waals surface area (Å²) in [6, 6.07) is 1.08. The van der Waals surface area contributed by atoms with Gasteiger partial charge in [0.25, 0.3) is 0 Å². The number of aldehydes is 1. The number of hydrogen-bond donors (Lipinski definition) is 2. The van der Waals surface area contributed by atoms with Gasteiger partial charge in [0, 0.05) is 22.5 Å². The molecule has 1 aliphatic heterocycles. The molecule has 2 rings (SSSR count). The molecule has 1 unspecified atom stereocenters. The van der Waals surface area contributed by atoms with Gasteiger partial charge in [-0.25, -0.2) is 0 Å². The summed E-state index contributed by atoms with van der Waals surface area (Å²) in [5.74, 6) is -0.141. The van der Waals surface area contributed by atoms with E-state index in [1.807, 2.05) is 0 Å². The molecule has 6 nitrogen and oxygen atoms in total. The van der Waals surface area contributed by atoms with E-state index in [0.29, 0.717) is 33.4 Å². The molecular weight excluding hydrogens is 318 g/mol. The second kappa shape index (κ2) is 5.58. The van der Waals surface area contributed by atoms with Gasteiger partial charge in [-0.15, -0.1) is 0 Å². The maximum absolute atomic E-state index is 10.9. The quantitative estimate of drug-likeness (QED) is 0.800. The molecule has 0 saturated heterocycles. The van der Waals surface area contributed by atoms with Crippen LogP contribution in [-0.2, 0) is 4.79 Å². The molecule has 0 aromatic heterocycles. The zero-order chi connectivity index (χ0) is 14.0. The van der Waals surface area contributed by atoms with E-state index in [9.17, 15) is 9.59 Å². The maximum Gasteiger partial charge on any atom is 0.303 e. The van der Waals surface area contributed by atoms with E-state index in [0.717, 1.165) is 0 Å². The van der Waals surface area contributed by atoms with Crippen LogP contribution in [0, 0.1) is 0 Å². The molecule has 1 atom stereocenters. The first-order chi connectivity index (χ1) is 9.04. The first-order valence-electron chi connectivity index (χ1n) is 5.59. The smallest absolute Gasteiger partial charge is 0.303 e. The molecule has 7 heteroatoms. The molecule has 0 saturated carbocycles. The zero-order valence-corrected chi connectivity index (χ0v) is 11.5. The molecule has 1 aromatic carbocycles. The lowest BCUT2D eigenvalue weighted by molar-refractivity contribution is -0.137. The molecule has 0 aliphatic carbocycles. The molecule has 1 aliphatic rings. The first-order valence-corrected chi connectivity index (χ1v) is 6.38. The summed E-state index contributed by atoms with van der Waals surface area (Å²) < 4.78 is 11.2. The molecule has 1 heterocycles. The number of fused-ring (bicyclic) bond motifs is 1. The van der Waals surface area contributed by atoms with E-state index < -0.39 is 12.0 Å². The number of carbonyl (C=O) groups excluding carboxylic acids is 1. The van der Waals surface area contributed by atoms with Crippen molar-refractivity contribution in [2.24, 2.45) is 5.73 Å². The van der Waals surface area contributed by atoms with Crippen LogP contribution in [0.2, 0.25) is 0 Å². The Labute approximate surface area is 117 Å². The van der Waals surface area contributed by atoms with Crippen LogP contribution in [0.4, 0.5) is 0 Å². The summed E-state index contributed by atoms with van der Waals surface area (Å²) in [4.78, 5) is 21.5. The van der Waals surface area contributed by atoms with Gasteiger partial charge >= 0.3 is 5.97 Å². The van der Waals surface area contributed by atoms with Gasteiger partial charge in [-0.3, -0.25) is 9.59 Å². The van der Waals surface area contributed by atoms with Crippen LogP contribution in [0.3, 0.4) is 0 Å². The van der Waals surface area contributed by atoms with E-state index >= 15 is 0 Å². The lowest BCUT2D eigenvalue weighted by Gasteiger charge is -2.16. The molecule has 19 heavy (non-hydrogen) atoms. The standard InChI is InChI=1S/C12H12BrNO5/c13-7-3-6(4-15)11-12(19-5-18-11)10(7)8(14)1-2-9(16)17/h3-4,8H,1-2,5,14H2,(H,16,17). The highest BCUT2D eigenvalue weighted by atomic mass is 79.9. The van der Waals surface area contributed by atoms with Gasteiger partial charge in [-0.1, -0.05) is 15.9 Å². The van der Waals surface area contributed by atoms with Gasteiger partial charge in [0.1, 0.15) is 0 Å². The summed E-state index contributed by atoms with van der Waals surface area (Å²) in [5, 5.41) is 8.68. The largest absolute Gasteiger partial charge is 0.481 e. The third-order valence-electron chi connectivity index (χ3n) is 2.83. The third-order valence-corrected chi connectivity index (χ3v) is 3.48. The van der Waals surface area contributed by atoms with E-state index in [1.54, 1.807) is 6.07 Å². The normalized spacial score (nSPS) is 14.2. The van der Waals surface area contributed by atoms with Gasteiger partial charge in [-0.2, -0.15) is 0 Å². The van der Waals surface area contributed by atoms with Crippen LogP contribution >= 0.6 is 15.9 Å². The number of halogens is 1. The molecule has 0 fully saturated rings. The van der Waals surface area contributed by atoms with Crippen molar-refractivity contribution in [1.82, 2.24) is 0 Å². The topological polar surface area (TPSA) is 98.9 Å². The number of nitrogens with two attached hydrogens (primary N) is 1. The fraction of sp³-hybridized carbons (Fsp3) is 0.333. The number of benzene rings is 1. The van der Waals surface area contributed by atoms with Crippen molar-refractivity contribution in [2.45, 2.75) is 18.9 Å². The van der Waals surface area contributed by atoms with Gasteiger partial charge in [0.2, 0.25) is 6.79 Å². The number of hydrogen-bond acceptors (Lipinski definition) is 5. The Morgan fingerprint density at radius 2 is 2.21 bits per heavy atom. The Hall–Kier alpha value is -1.60. The molecule has 1 aromatic rings. The van der Waals surface area contributed by atoms with Gasteiger partial charge < -0.3 is 20.3 Å². The summed E-state index contributed by atoms with van der Waals surface area (Å²) >= 11 is 3.33. The average molecular weight is 330 g/mol. The number of carbonyl (C=O) groups is 2. The number of aliphatic carboxylic acids is 1. The SMILES string of the molecule is NC(CCC(=O)O)c1c(Br)cc(C=O)c2c1OCO2. The third kappa shape index (κ3) is 2.71. The summed E-state index contributed by atoms with van der Waals surface area (Å²) in [7, 11) is 0. The number of carboxylic acids is 1. The second-order valence-corrected chi connectivity index (χ2v) is 4.94. The monoisotopic (exact) mass is 329 g/mol. The van der Waals surface area contributed by atoms with Crippen molar-refractivity contribution >= 4 is 28.2 Å². The minimum Gasteiger partial charge on any atom is -0.481 e. The average Bonchev–Trinajstić information content (AvgIpc) is 2.83. The first kappa shape index (κ1) is 13.8. The Morgan fingerprint density at radius 1 is 1.53 bits per heavy atom. The number of carboxylic acid groups (broad SMARTS) is 1. The molecule has 0 bridgehead atoms. The van der Waals surface area contributed by atoms with Crippen LogP contribution in [-0.4, -0.2) is 24.2 Å². The molecule has 102 valence electrons.